The number of fused-ring (bicyclic) bond motifs is 1. The molecule has 0 amide bonds. The summed E-state index contributed by atoms with van der Waals surface area (Å²) < 4.78 is 5.75. The Morgan fingerprint density at radius 2 is 1.73 bits per heavy atom. The number of rotatable bonds is 7. The lowest BCUT2D eigenvalue weighted by Gasteiger charge is -2.31. The third kappa shape index (κ3) is 4.95. The Balaban J connectivity index is 1.46. The third-order valence-electron chi connectivity index (χ3n) is 6.95. The molecule has 0 bridgehead atoms. The number of aromatic nitrogens is 1. The predicted octanol–water partition coefficient (Wildman–Crippen LogP) is 6.09. The predicted molar refractivity (Wildman–Crippen MR) is 141 cm³/mol. The molecule has 4 aromatic rings. The largest absolute Gasteiger partial charge is 0.445 e. The second kappa shape index (κ2) is 10.3. The zero-order chi connectivity index (χ0) is 25.9. The van der Waals surface area contributed by atoms with Crippen LogP contribution in [0.25, 0.3) is 10.9 Å². The van der Waals surface area contributed by atoms with E-state index in [1.165, 1.54) is 12.1 Å². The van der Waals surface area contributed by atoms with Crippen molar-refractivity contribution in [1.82, 2.24) is 4.98 Å². The molecule has 1 fully saturated rings. The van der Waals surface area contributed by atoms with E-state index in [2.05, 4.69) is 11.9 Å². The van der Waals surface area contributed by atoms with Crippen LogP contribution in [0.2, 0.25) is 0 Å². The fraction of sp³-hybridized carbons (Fsp3) is 0.241. The van der Waals surface area contributed by atoms with Crippen molar-refractivity contribution in [3.05, 3.63) is 106 Å². The number of Topliss-reactive ketones (excluding diaryl/α,β-unsaturated/α-hetero) is 1. The summed E-state index contributed by atoms with van der Waals surface area (Å²) in [5.41, 5.74) is 2.07. The maximum absolute atomic E-state index is 13.6. The molecule has 2 heterocycles. The van der Waals surface area contributed by atoms with Gasteiger partial charge in [-0.3, -0.25) is 14.9 Å². The first kappa shape index (κ1) is 24.2. The number of piperidine rings is 1. The number of esters is 1. The number of nitro benzene ring substituents is 1. The van der Waals surface area contributed by atoms with Crippen LogP contribution in [-0.2, 0) is 4.74 Å². The second-order valence-electron chi connectivity index (χ2n) is 9.44. The van der Waals surface area contributed by atoms with Gasteiger partial charge in [-0.25, -0.2) is 4.79 Å². The average molecular weight is 498 g/mol. The first-order valence-corrected chi connectivity index (χ1v) is 12.3. The number of nitrogens with one attached hydrogen (secondary N) is 1. The molecule has 1 aromatic heterocycles. The van der Waals surface area contributed by atoms with E-state index in [-0.39, 0.29) is 17.0 Å². The van der Waals surface area contributed by atoms with Gasteiger partial charge in [-0.1, -0.05) is 55.5 Å². The van der Waals surface area contributed by atoms with Gasteiger partial charge < -0.3 is 14.6 Å². The summed E-state index contributed by atoms with van der Waals surface area (Å²) in [6, 6.07) is 20.5. The van der Waals surface area contributed by atoms with Crippen molar-refractivity contribution in [2.24, 2.45) is 5.92 Å². The SMILES string of the molecule is CC1CCN(c2ccc(C(=O)OC(C(=O)c3c[nH]c4ccccc34)c3ccccc3)cc2[N+](=O)[O-])CC1. The molecule has 8 heteroatoms. The van der Waals surface area contributed by atoms with E-state index in [9.17, 15) is 19.7 Å². The Morgan fingerprint density at radius 3 is 2.46 bits per heavy atom. The van der Waals surface area contributed by atoms with Crippen LogP contribution in [-0.4, -0.2) is 34.7 Å². The minimum Gasteiger partial charge on any atom is -0.445 e. The Morgan fingerprint density at radius 1 is 1.03 bits per heavy atom. The number of ether oxygens (including phenoxy) is 1. The molecule has 1 unspecified atom stereocenters. The standard InChI is InChI=1S/C29H27N3O5/c1-19-13-15-31(16-14-19)25-12-11-21(17-26(25)32(35)36)29(34)37-28(20-7-3-2-4-8-20)27(33)23-18-30-24-10-6-5-9-22(23)24/h2-12,17-19,28,30H,13-16H2,1H3. The highest BCUT2D eigenvalue weighted by Crippen LogP contribution is 2.34. The monoisotopic (exact) mass is 497 g/mol. The molecule has 188 valence electrons. The molecular weight excluding hydrogens is 470 g/mol. The van der Waals surface area contributed by atoms with Crippen LogP contribution >= 0.6 is 0 Å². The lowest BCUT2D eigenvalue weighted by Crippen LogP contribution is -2.33. The van der Waals surface area contributed by atoms with Crippen molar-refractivity contribution >= 4 is 34.0 Å². The number of carbonyl (C=O) groups excluding carboxylic acids is 2. The van der Waals surface area contributed by atoms with E-state index in [0.717, 1.165) is 36.8 Å². The first-order valence-electron chi connectivity index (χ1n) is 12.3. The number of para-hydroxylation sites is 1. The number of nitrogens with zero attached hydrogens (tertiary/aromatic N) is 2. The number of hydrogen-bond acceptors (Lipinski definition) is 6. The third-order valence-corrected chi connectivity index (χ3v) is 6.95. The number of benzene rings is 3. The molecule has 1 saturated heterocycles. The number of anilines is 1. The van der Waals surface area contributed by atoms with E-state index in [0.29, 0.717) is 22.7 Å². The number of carbonyl (C=O) groups is 2. The molecule has 1 aliphatic heterocycles. The van der Waals surface area contributed by atoms with Crippen molar-refractivity contribution in [2.75, 3.05) is 18.0 Å². The number of hydrogen-bond donors (Lipinski definition) is 1. The minimum absolute atomic E-state index is 0.0217. The first-order chi connectivity index (χ1) is 17.9. The highest BCUT2D eigenvalue weighted by atomic mass is 16.6. The van der Waals surface area contributed by atoms with Gasteiger partial charge in [-0.05, 0) is 37.0 Å². The second-order valence-corrected chi connectivity index (χ2v) is 9.44. The van der Waals surface area contributed by atoms with Crippen LogP contribution in [0.4, 0.5) is 11.4 Å². The van der Waals surface area contributed by atoms with Gasteiger partial charge in [0.05, 0.1) is 10.5 Å². The van der Waals surface area contributed by atoms with Gasteiger partial charge in [0.15, 0.2) is 6.10 Å². The molecule has 0 radical (unpaired) electrons. The van der Waals surface area contributed by atoms with Crippen LogP contribution in [0.3, 0.4) is 0 Å². The van der Waals surface area contributed by atoms with Crippen molar-refractivity contribution in [1.29, 1.82) is 0 Å². The lowest BCUT2D eigenvalue weighted by molar-refractivity contribution is -0.384. The van der Waals surface area contributed by atoms with Crippen molar-refractivity contribution < 1.29 is 19.2 Å². The van der Waals surface area contributed by atoms with Gasteiger partial charge in [0.1, 0.15) is 5.69 Å². The number of ketones is 1. The van der Waals surface area contributed by atoms with Gasteiger partial charge >= 0.3 is 5.97 Å². The molecule has 3 aromatic carbocycles. The Hall–Kier alpha value is -4.46. The normalized spacial score (nSPS) is 14.9. The zero-order valence-corrected chi connectivity index (χ0v) is 20.4. The topological polar surface area (TPSA) is 106 Å². The minimum atomic E-state index is -1.21. The van der Waals surface area contributed by atoms with Crippen LogP contribution in [0, 0.1) is 16.0 Å². The molecule has 0 spiro atoms. The number of aromatic amines is 1. The van der Waals surface area contributed by atoms with Gasteiger partial charge in [-0.2, -0.15) is 0 Å². The van der Waals surface area contributed by atoms with Gasteiger partial charge in [0.25, 0.3) is 5.69 Å². The summed E-state index contributed by atoms with van der Waals surface area (Å²) in [6.07, 6.45) is 2.30. The fourth-order valence-electron chi connectivity index (χ4n) is 4.81. The molecular formula is C29H27N3O5. The summed E-state index contributed by atoms with van der Waals surface area (Å²) in [7, 11) is 0. The number of H-pyrrole nitrogens is 1. The van der Waals surface area contributed by atoms with Gasteiger partial charge in [-0.15, -0.1) is 0 Å². The zero-order valence-electron chi connectivity index (χ0n) is 20.4. The summed E-state index contributed by atoms with van der Waals surface area (Å²) in [5, 5.41) is 12.6. The van der Waals surface area contributed by atoms with E-state index in [1.54, 1.807) is 36.5 Å². The van der Waals surface area contributed by atoms with E-state index in [1.807, 2.05) is 35.2 Å². The molecule has 1 atom stereocenters. The van der Waals surface area contributed by atoms with Crippen LogP contribution in [0.15, 0.2) is 79.0 Å². The molecule has 1 aliphatic rings. The van der Waals surface area contributed by atoms with E-state index in [4.69, 9.17) is 4.74 Å². The smallest absolute Gasteiger partial charge is 0.339 e. The summed E-state index contributed by atoms with van der Waals surface area (Å²) in [6.45, 7) is 3.62. The highest BCUT2D eigenvalue weighted by Gasteiger charge is 2.30. The summed E-state index contributed by atoms with van der Waals surface area (Å²) in [4.78, 5) is 43.4. The Bertz CT molecular complexity index is 1450. The summed E-state index contributed by atoms with van der Waals surface area (Å²) >= 11 is 0. The average Bonchev–Trinajstić information content (AvgIpc) is 3.36. The quantitative estimate of drug-likeness (QED) is 0.143. The Labute approximate surface area is 214 Å². The highest BCUT2D eigenvalue weighted by molar-refractivity contribution is 6.11. The summed E-state index contributed by atoms with van der Waals surface area (Å²) in [5.74, 6) is -0.608. The molecule has 0 aliphatic carbocycles. The van der Waals surface area contributed by atoms with E-state index < -0.39 is 17.0 Å². The van der Waals surface area contributed by atoms with Crippen LogP contribution < -0.4 is 4.90 Å². The molecule has 0 saturated carbocycles. The number of nitro groups is 1. The maximum Gasteiger partial charge on any atom is 0.339 e. The molecule has 8 nitrogen and oxygen atoms in total. The molecule has 37 heavy (non-hydrogen) atoms. The maximum atomic E-state index is 13.6. The Kier molecular flexibility index (Phi) is 6.72. The van der Waals surface area contributed by atoms with Crippen LogP contribution in [0.1, 0.15) is 52.1 Å². The lowest BCUT2D eigenvalue weighted by atomic mass is 9.98. The van der Waals surface area contributed by atoms with Gasteiger partial charge in [0, 0.05) is 47.4 Å². The van der Waals surface area contributed by atoms with Gasteiger partial charge in [0.2, 0.25) is 5.78 Å². The van der Waals surface area contributed by atoms with Crippen molar-refractivity contribution in [3.63, 3.8) is 0 Å². The molecule has 1 N–H and O–H groups in total. The van der Waals surface area contributed by atoms with E-state index >= 15 is 0 Å². The molecule has 5 rings (SSSR count). The van der Waals surface area contributed by atoms with Crippen LogP contribution in [0.5, 0.6) is 0 Å². The van der Waals surface area contributed by atoms with Crippen molar-refractivity contribution in [2.45, 2.75) is 25.9 Å². The fourth-order valence-corrected chi connectivity index (χ4v) is 4.81. The van der Waals surface area contributed by atoms with Crippen molar-refractivity contribution in [3.8, 4) is 0 Å².